The molecule has 0 aliphatic carbocycles. The number of nitrogens with zero attached hydrogens (tertiary/aromatic N) is 2. The van der Waals surface area contributed by atoms with Gasteiger partial charge < -0.3 is 10.6 Å². The second kappa shape index (κ2) is 8.64. The van der Waals surface area contributed by atoms with Gasteiger partial charge in [-0.25, -0.2) is 9.97 Å². The highest BCUT2D eigenvalue weighted by atomic mass is 35.5. The molecule has 1 aromatic heterocycles. The first-order valence-electron chi connectivity index (χ1n) is 8.72. The summed E-state index contributed by atoms with van der Waals surface area (Å²) in [5.41, 5.74) is 4.06. The van der Waals surface area contributed by atoms with Crippen molar-refractivity contribution in [3.05, 3.63) is 82.1 Å². The minimum atomic E-state index is -0.322. The van der Waals surface area contributed by atoms with Crippen LogP contribution in [0.5, 0.6) is 0 Å². The van der Waals surface area contributed by atoms with E-state index in [2.05, 4.69) is 32.7 Å². The van der Waals surface area contributed by atoms with Crippen molar-refractivity contribution < 1.29 is 4.79 Å². The minimum Gasteiger partial charge on any atom is -0.354 e. The van der Waals surface area contributed by atoms with Crippen LogP contribution in [0.3, 0.4) is 0 Å². The van der Waals surface area contributed by atoms with Gasteiger partial charge in [0.15, 0.2) is 0 Å². The van der Waals surface area contributed by atoms with Gasteiger partial charge in [0.2, 0.25) is 5.95 Å². The van der Waals surface area contributed by atoms with Crippen molar-refractivity contribution in [2.45, 2.75) is 20.3 Å². The molecule has 0 spiro atoms. The zero-order chi connectivity index (χ0) is 19.2. The first kappa shape index (κ1) is 18.9. The smallest absolute Gasteiger partial charge is 0.274 e. The van der Waals surface area contributed by atoms with E-state index < -0.39 is 0 Å². The molecule has 2 N–H and O–H groups in total. The monoisotopic (exact) mass is 380 g/mol. The second-order valence-electron chi connectivity index (χ2n) is 6.32. The highest BCUT2D eigenvalue weighted by Crippen LogP contribution is 2.27. The standard InChI is InChI=1S/C21H21ClN4O/c1-14-12-15(2)19(17(22)13-14)26-20(27)18-9-11-24-21(25-18)23-10-8-16-6-4-3-5-7-16/h3-7,9,11-13H,8,10H2,1-2H3,(H,26,27)(H,23,24,25). The Labute approximate surface area is 163 Å². The normalized spacial score (nSPS) is 10.5. The van der Waals surface area contributed by atoms with Gasteiger partial charge in [0.05, 0.1) is 10.7 Å². The highest BCUT2D eigenvalue weighted by molar-refractivity contribution is 6.34. The van der Waals surface area contributed by atoms with E-state index >= 15 is 0 Å². The molecule has 6 heteroatoms. The summed E-state index contributed by atoms with van der Waals surface area (Å²) in [5.74, 6) is 0.0997. The summed E-state index contributed by atoms with van der Waals surface area (Å²) in [6, 6.07) is 15.5. The van der Waals surface area contributed by atoms with Crippen LogP contribution < -0.4 is 10.6 Å². The number of carbonyl (C=O) groups excluding carboxylic acids is 1. The van der Waals surface area contributed by atoms with Crippen LogP contribution in [0.2, 0.25) is 5.02 Å². The maximum Gasteiger partial charge on any atom is 0.274 e. The van der Waals surface area contributed by atoms with Crippen molar-refractivity contribution in [3.63, 3.8) is 0 Å². The van der Waals surface area contributed by atoms with Gasteiger partial charge >= 0.3 is 0 Å². The van der Waals surface area contributed by atoms with E-state index in [1.54, 1.807) is 12.3 Å². The van der Waals surface area contributed by atoms with Gasteiger partial charge in [-0.1, -0.05) is 48.0 Å². The number of aromatic nitrogens is 2. The van der Waals surface area contributed by atoms with Crippen LogP contribution in [0.15, 0.2) is 54.7 Å². The van der Waals surface area contributed by atoms with E-state index in [0.717, 1.165) is 17.5 Å². The molecule has 2 aromatic carbocycles. The van der Waals surface area contributed by atoms with E-state index in [9.17, 15) is 4.79 Å². The first-order chi connectivity index (χ1) is 13.0. The Morgan fingerprint density at radius 3 is 2.63 bits per heavy atom. The molecular formula is C21H21ClN4O. The molecule has 1 heterocycles. The van der Waals surface area contributed by atoms with Crippen LogP contribution in [0, 0.1) is 13.8 Å². The number of amides is 1. The van der Waals surface area contributed by atoms with Gasteiger partial charge in [0.1, 0.15) is 5.69 Å². The van der Waals surface area contributed by atoms with Crippen molar-refractivity contribution >= 4 is 29.1 Å². The Hall–Kier alpha value is -2.92. The van der Waals surface area contributed by atoms with Crippen LogP contribution in [-0.4, -0.2) is 22.4 Å². The molecule has 3 aromatic rings. The minimum absolute atomic E-state index is 0.281. The lowest BCUT2D eigenvalue weighted by Gasteiger charge is -2.12. The summed E-state index contributed by atoms with van der Waals surface area (Å²) in [7, 11) is 0. The Morgan fingerprint density at radius 2 is 1.89 bits per heavy atom. The molecule has 1 amide bonds. The maximum absolute atomic E-state index is 12.6. The van der Waals surface area contributed by atoms with E-state index in [0.29, 0.717) is 23.2 Å². The molecule has 0 aliphatic rings. The Bertz CT molecular complexity index is 921. The molecule has 0 saturated heterocycles. The average Bonchev–Trinajstić information content (AvgIpc) is 2.65. The first-order valence-corrected chi connectivity index (χ1v) is 9.09. The zero-order valence-electron chi connectivity index (χ0n) is 15.3. The Morgan fingerprint density at radius 1 is 1.11 bits per heavy atom. The highest BCUT2D eigenvalue weighted by Gasteiger charge is 2.13. The van der Waals surface area contributed by atoms with E-state index in [1.165, 1.54) is 5.56 Å². The quantitative estimate of drug-likeness (QED) is 0.653. The van der Waals surface area contributed by atoms with Crippen molar-refractivity contribution in [2.75, 3.05) is 17.2 Å². The second-order valence-corrected chi connectivity index (χ2v) is 6.73. The van der Waals surface area contributed by atoms with Gasteiger partial charge in [-0.15, -0.1) is 0 Å². The number of anilines is 2. The summed E-state index contributed by atoms with van der Waals surface area (Å²) in [6.07, 6.45) is 2.41. The number of hydrogen-bond acceptors (Lipinski definition) is 4. The summed E-state index contributed by atoms with van der Waals surface area (Å²) in [4.78, 5) is 21.0. The number of halogens is 1. The van der Waals surface area contributed by atoms with Crippen molar-refractivity contribution in [1.82, 2.24) is 9.97 Å². The lowest BCUT2D eigenvalue weighted by Crippen LogP contribution is -2.17. The van der Waals surface area contributed by atoms with Crippen LogP contribution in [0.1, 0.15) is 27.2 Å². The topological polar surface area (TPSA) is 66.9 Å². The number of benzene rings is 2. The molecule has 0 saturated carbocycles. The maximum atomic E-state index is 12.6. The van der Waals surface area contributed by atoms with Gasteiger partial charge in [0, 0.05) is 12.7 Å². The zero-order valence-corrected chi connectivity index (χ0v) is 16.0. The summed E-state index contributed by atoms with van der Waals surface area (Å²) >= 11 is 6.26. The van der Waals surface area contributed by atoms with Gasteiger partial charge in [-0.05, 0) is 49.1 Å². The predicted molar refractivity (Wildman–Crippen MR) is 110 cm³/mol. The fourth-order valence-electron chi connectivity index (χ4n) is 2.79. The molecule has 27 heavy (non-hydrogen) atoms. The third-order valence-corrected chi connectivity index (χ3v) is 4.40. The summed E-state index contributed by atoms with van der Waals surface area (Å²) in [6.45, 7) is 4.55. The molecule has 0 aliphatic heterocycles. The number of carbonyl (C=O) groups is 1. The summed E-state index contributed by atoms with van der Waals surface area (Å²) in [5, 5.41) is 6.51. The molecule has 0 radical (unpaired) electrons. The molecule has 0 unspecified atom stereocenters. The largest absolute Gasteiger partial charge is 0.354 e. The van der Waals surface area contributed by atoms with Crippen molar-refractivity contribution in [2.24, 2.45) is 0 Å². The lowest BCUT2D eigenvalue weighted by atomic mass is 10.1. The van der Waals surface area contributed by atoms with Gasteiger partial charge in [0.25, 0.3) is 5.91 Å². The fourth-order valence-corrected chi connectivity index (χ4v) is 3.15. The third-order valence-electron chi connectivity index (χ3n) is 4.10. The molecule has 5 nitrogen and oxygen atoms in total. The van der Waals surface area contributed by atoms with Crippen molar-refractivity contribution in [3.8, 4) is 0 Å². The lowest BCUT2D eigenvalue weighted by molar-refractivity contribution is 0.102. The predicted octanol–water partition coefficient (Wildman–Crippen LogP) is 4.65. The van der Waals surface area contributed by atoms with Crippen LogP contribution in [0.25, 0.3) is 0 Å². The molecule has 0 atom stereocenters. The van der Waals surface area contributed by atoms with E-state index in [-0.39, 0.29) is 11.6 Å². The van der Waals surface area contributed by atoms with E-state index in [1.807, 2.05) is 44.2 Å². The van der Waals surface area contributed by atoms with Crippen LogP contribution in [0.4, 0.5) is 11.6 Å². The molecule has 0 bridgehead atoms. The SMILES string of the molecule is Cc1cc(C)c(NC(=O)c2ccnc(NCCc3ccccc3)n2)c(Cl)c1. The number of rotatable bonds is 6. The fraction of sp³-hybridized carbons (Fsp3) is 0.190. The third kappa shape index (κ3) is 5.05. The molecule has 0 fully saturated rings. The molecule has 3 rings (SSSR count). The van der Waals surface area contributed by atoms with Crippen LogP contribution in [-0.2, 0) is 6.42 Å². The average molecular weight is 381 g/mol. The Kier molecular flexibility index (Phi) is 6.04. The van der Waals surface area contributed by atoms with Crippen molar-refractivity contribution in [1.29, 1.82) is 0 Å². The van der Waals surface area contributed by atoms with Crippen LogP contribution >= 0.6 is 11.6 Å². The Balaban J connectivity index is 1.65. The number of nitrogens with one attached hydrogen (secondary N) is 2. The summed E-state index contributed by atoms with van der Waals surface area (Å²) < 4.78 is 0. The van der Waals surface area contributed by atoms with Gasteiger partial charge in [-0.2, -0.15) is 0 Å². The number of hydrogen-bond donors (Lipinski definition) is 2. The number of aryl methyl sites for hydroxylation is 2. The van der Waals surface area contributed by atoms with E-state index in [4.69, 9.17) is 11.6 Å². The molecular weight excluding hydrogens is 360 g/mol. The molecule has 138 valence electrons. The van der Waals surface area contributed by atoms with Gasteiger partial charge in [-0.3, -0.25) is 4.79 Å².